The molecule has 2 aromatic rings. The molecule has 0 unspecified atom stereocenters. The minimum atomic E-state index is 0. The van der Waals surface area contributed by atoms with Crippen molar-refractivity contribution in [2.24, 2.45) is 0 Å². The van der Waals surface area contributed by atoms with Crippen molar-refractivity contribution in [3.05, 3.63) is 34.9 Å². The summed E-state index contributed by atoms with van der Waals surface area (Å²) in [4.78, 5) is 5.50. The van der Waals surface area contributed by atoms with E-state index in [1.807, 2.05) is 18.2 Å². The molecule has 1 aromatic carbocycles. The van der Waals surface area contributed by atoms with Gasteiger partial charge in [0.15, 0.2) is 4.34 Å². The van der Waals surface area contributed by atoms with Gasteiger partial charge in [0.2, 0.25) is 0 Å². The number of rotatable bonds is 2. The van der Waals surface area contributed by atoms with Gasteiger partial charge in [0, 0.05) is 0 Å². The van der Waals surface area contributed by atoms with E-state index in [1.165, 1.54) is 4.70 Å². The molecule has 0 saturated heterocycles. The molecule has 0 amide bonds. The van der Waals surface area contributed by atoms with E-state index in [0.717, 1.165) is 27.6 Å². The second-order valence-corrected chi connectivity index (χ2v) is 6.12. The van der Waals surface area contributed by atoms with Gasteiger partial charge in [-0.2, -0.15) is 0 Å². The number of thioether (sulfide) groups is 1. The van der Waals surface area contributed by atoms with Crippen molar-refractivity contribution >= 4 is 33.3 Å². The molecule has 0 bridgehead atoms. The topological polar surface area (TPSA) is 36.0 Å². The standard InChI is InChI=1S/C12H11NOS2.K/c14-9-5-3-7-11(9)16-12-13-8-4-1-2-6-10(8)15-12;/h1-2,4,6,14H,3,5,7H2;/q;+1/p-1. The second kappa shape index (κ2) is 6.19. The van der Waals surface area contributed by atoms with Crippen molar-refractivity contribution in [2.75, 3.05) is 0 Å². The fourth-order valence-corrected chi connectivity index (χ4v) is 4.05. The molecule has 2 nitrogen and oxygen atoms in total. The van der Waals surface area contributed by atoms with Crippen LogP contribution in [-0.4, -0.2) is 4.98 Å². The number of hydrogen-bond acceptors (Lipinski definition) is 4. The molecule has 1 aliphatic rings. The third kappa shape index (κ3) is 3.15. The maximum Gasteiger partial charge on any atom is 1.00 e. The Morgan fingerprint density at radius 3 is 2.76 bits per heavy atom. The number of aromatic nitrogens is 1. The Balaban J connectivity index is 0.00000108. The Morgan fingerprint density at radius 2 is 2.06 bits per heavy atom. The van der Waals surface area contributed by atoms with Crippen LogP contribution >= 0.6 is 23.1 Å². The van der Waals surface area contributed by atoms with Crippen molar-refractivity contribution in [1.29, 1.82) is 0 Å². The third-order valence-corrected chi connectivity index (χ3v) is 4.88. The van der Waals surface area contributed by atoms with E-state index in [4.69, 9.17) is 0 Å². The molecule has 1 aliphatic carbocycles. The SMILES string of the molecule is [K+].[O-]C1=C(Sc2nc3ccccc3s2)CCC1. The molecule has 82 valence electrons. The van der Waals surface area contributed by atoms with E-state index in [0.29, 0.717) is 12.2 Å². The van der Waals surface area contributed by atoms with Crippen molar-refractivity contribution in [2.45, 2.75) is 23.6 Å². The van der Waals surface area contributed by atoms with E-state index in [2.05, 4.69) is 11.1 Å². The van der Waals surface area contributed by atoms with E-state index in [1.54, 1.807) is 23.1 Å². The normalized spacial score (nSPS) is 15.3. The van der Waals surface area contributed by atoms with Crippen LogP contribution in [0, 0.1) is 0 Å². The summed E-state index contributed by atoms with van der Waals surface area (Å²) in [6, 6.07) is 8.09. The first kappa shape index (κ1) is 14.1. The van der Waals surface area contributed by atoms with Crippen LogP contribution in [0.1, 0.15) is 19.3 Å². The summed E-state index contributed by atoms with van der Waals surface area (Å²) in [5, 5.41) is 11.5. The van der Waals surface area contributed by atoms with Crippen LogP contribution in [0.2, 0.25) is 0 Å². The van der Waals surface area contributed by atoms with Crippen molar-refractivity contribution in [1.82, 2.24) is 4.98 Å². The molecule has 0 N–H and O–H groups in total. The van der Waals surface area contributed by atoms with Gasteiger partial charge in [-0.15, -0.1) is 17.1 Å². The quantitative estimate of drug-likeness (QED) is 0.738. The summed E-state index contributed by atoms with van der Waals surface area (Å²) < 4.78 is 2.18. The molecule has 0 atom stereocenters. The number of nitrogens with zero attached hydrogens (tertiary/aromatic N) is 1. The largest absolute Gasteiger partial charge is 1.00 e. The minimum Gasteiger partial charge on any atom is -0.875 e. The number of para-hydroxylation sites is 1. The zero-order valence-corrected chi connectivity index (χ0v) is 14.4. The Bertz CT molecular complexity index is 531. The molecule has 3 rings (SSSR count). The molecule has 17 heavy (non-hydrogen) atoms. The first-order valence-electron chi connectivity index (χ1n) is 5.25. The average Bonchev–Trinajstić information content (AvgIpc) is 2.85. The first-order valence-corrected chi connectivity index (χ1v) is 6.89. The van der Waals surface area contributed by atoms with Gasteiger partial charge in [-0.3, -0.25) is 0 Å². The van der Waals surface area contributed by atoms with Gasteiger partial charge in [-0.05, 0) is 36.3 Å². The van der Waals surface area contributed by atoms with Crippen LogP contribution in [0.4, 0.5) is 0 Å². The first-order chi connectivity index (χ1) is 7.83. The van der Waals surface area contributed by atoms with E-state index in [9.17, 15) is 5.11 Å². The predicted molar refractivity (Wildman–Crippen MR) is 66.4 cm³/mol. The van der Waals surface area contributed by atoms with Crippen molar-refractivity contribution < 1.29 is 56.5 Å². The fraction of sp³-hybridized carbons (Fsp3) is 0.250. The Hall–Kier alpha value is 0.636. The number of fused-ring (bicyclic) bond motifs is 1. The number of hydrogen-bond donors (Lipinski definition) is 0. The zero-order chi connectivity index (χ0) is 11.0. The maximum atomic E-state index is 11.5. The van der Waals surface area contributed by atoms with Gasteiger partial charge in [0.1, 0.15) is 0 Å². The molecule has 0 fully saturated rings. The Labute approximate surface area is 151 Å². The molecule has 0 aliphatic heterocycles. The molecular weight excluding hydrogens is 277 g/mol. The van der Waals surface area contributed by atoms with E-state index in [-0.39, 0.29) is 51.4 Å². The van der Waals surface area contributed by atoms with Gasteiger partial charge < -0.3 is 5.11 Å². The minimum absolute atomic E-state index is 0. The fourth-order valence-electron chi connectivity index (χ4n) is 1.80. The van der Waals surface area contributed by atoms with Crippen LogP contribution < -0.4 is 56.5 Å². The summed E-state index contributed by atoms with van der Waals surface area (Å²) in [6.07, 6.45) is 2.65. The molecule has 0 spiro atoms. The molecule has 1 aromatic heterocycles. The summed E-state index contributed by atoms with van der Waals surface area (Å²) in [6.45, 7) is 0. The van der Waals surface area contributed by atoms with Crippen molar-refractivity contribution in [3.63, 3.8) is 0 Å². The molecule has 5 heteroatoms. The number of thiazole rings is 1. The van der Waals surface area contributed by atoms with Gasteiger partial charge in [-0.25, -0.2) is 4.98 Å². The van der Waals surface area contributed by atoms with E-state index >= 15 is 0 Å². The Kier molecular flexibility index (Phi) is 5.12. The predicted octanol–water partition coefficient (Wildman–Crippen LogP) is 0.148. The van der Waals surface area contributed by atoms with E-state index < -0.39 is 0 Å². The summed E-state index contributed by atoms with van der Waals surface area (Å²) in [5.74, 6) is 0.309. The van der Waals surface area contributed by atoms with Crippen LogP contribution in [0.25, 0.3) is 10.2 Å². The average molecular weight is 287 g/mol. The van der Waals surface area contributed by atoms with Crippen LogP contribution in [0.5, 0.6) is 0 Å². The van der Waals surface area contributed by atoms with Gasteiger partial charge in [-0.1, -0.05) is 23.9 Å². The number of allylic oxidation sites excluding steroid dienone is 2. The Morgan fingerprint density at radius 1 is 1.24 bits per heavy atom. The van der Waals surface area contributed by atoms with Crippen LogP contribution in [0.15, 0.2) is 39.3 Å². The van der Waals surface area contributed by atoms with Gasteiger partial charge in [0.25, 0.3) is 0 Å². The smallest absolute Gasteiger partial charge is 0.875 e. The van der Waals surface area contributed by atoms with Gasteiger partial charge >= 0.3 is 51.4 Å². The molecule has 0 saturated carbocycles. The molecule has 1 heterocycles. The molecular formula is C12H10KNOS2. The third-order valence-electron chi connectivity index (χ3n) is 2.60. The molecule has 0 radical (unpaired) electrons. The van der Waals surface area contributed by atoms with Crippen LogP contribution in [0.3, 0.4) is 0 Å². The number of benzene rings is 1. The summed E-state index contributed by atoms with van der Waals surface area (Å²) in [7, 11) is 0. The summed E-state index contributed by atoms with van der Waals surface area (Å²) in [5.41, 5.74) is 1.03. The van der Waals surface area contributed by atoms with Crippen LogP contribution in [-0.2, 0) is 0 Å². The monoisotopic (exact) mass is 287 g/mol. The summed E-state index contributed by atoms with van der Waals surface area (Å²) >= 11 is 3.22. The zero-order valence-electron chi connectivity index (χ0n) is 9.60. The van der Waals surface area contributed by atoms with Crippen molar-refractivity contribution in [3.8, 4) is 0 Å². The van der Waals surface area contributed by atoms with Gasteiger partial charge in [0.05, 0.1) is 10.2 Å². The maximum absolute atomic E-state index is 11.5. The second-order valence-electron chi connectivity index (χ2n) is 3.75.